The number of piperidine rings is 1. The Hall–Kier alpha value is -2.60. The highest BCUT2D eigenvalue weighted by Crippen LogP contribution is 2.40. The Kier molecular flexibility index (Phi) is 5.75. The molecule has 4 aromatic rings. The van der Waals surface area contributed by atoms with E-state index in [1.165, 1.54) is 4.31 Å². The van der Waals surface area contributed by atoms with Gasteiger partial charge in [-0.05, 0) is 24.3 Å². The standard InChI is InChI=1S/C25H24N4O4S2/c30-34(21-9-1-5-19-7-3-13-26-23(19)21)29-17-18-33-25(29)11-15-28(16-12-25)35(31,32)22-10-2-6-20-8-4-14-27-24(20)22/h1-10,13-14H,11-12,15-18H2. The predicted octanol–water partition coefficient (Wildman–Crippen LogP) is 3.32. The molecule has 0 bridgehead atoms. The molecule has 8 nitrogen and oxygen atoms in total. The minimum atomic E-state index is -3.74. The maximum Gasteiger partial charge on any atom is 0.245 e. The fourth-order valence-corrected chi connectivity index (χ4v) is 8.21. The lowest BCUT2D eigenvalue weighted by Gasteiger charge is -2.41. The molecule has 2 aliphatic heterocycles. The monoisotopic (exact) mass is 508 g/mol. The van der Waals surface area contributed by atoms with Crippen molar-refractivity contribution in [3.8, 4) is 0 Å². The van der Waals surface area contributed by atoms with Gasteiger partial charge in [0.05, 0.1) is 30.0 Å². The molecule has 2 fully saturated rings. The second kappa shape index (κ2) is 8.81. The Bertz CT molecular complexity index is 1500. The Balaban J connectivity index is 1.27. The van der Waals surface area contributed by atoms with Crippen LogP contribution in [0.5, 0.6) is 0 Å². The summed E-state index contributed by atoms with van der Waals surface area (Å²) < 4.78 is 50.4. The van der Waals surface area contributed by atoms with Crippen molar-refractivity contribution in [1.82, 2.24) is 18.6 Å². The summed E-state index contributed by atoms with van der Waals surface area (Å²) in [7, 11) is -3.74. The van der Waals surface area contributed by atoms with Crippen LogP contribution in [-0.2, 0) is 26.1 Å². The van der Waals surface area contributed by atoms with E-state index in [0.717, 1.165) is 10.8 Å². The van der Waals surface area contributed by atoms with E-state index in [9.17, 15) is 13.0 Å². The number of hydrogen-bond acceptors (Lipinski definition) is 7. The average molecular weight is 509 g/mol. The molecular formula is C25H24N4O4S2. The molecular weight excluding hydrogens is 484 g/mol. The molecule has 4 heterocycles. The zero-order chi connectivity index (χ0) is 24.0. The highest BCUT2D eigenvalue weighted by atomic mass is 32.2. The van der Waals surface area contributed by atoms with Gasteiger partial charge in [-0.2, -0.15) is 4.31 Å². The van der Waals surface area contributed by atoms with Gasteiger partial charge in [-0.25, -0.2) is 8.42 Å². The van der Waals surface area contributed by atoms with E-state index in [1.807, 2.05) is 46.8 Å². The number of ether oxygens (including phenoxy) is 1. The van der Waals surface area contributed by atoms with Gasteiger partial charge in [0, 0.05) is 49.1 Å². The second-order valence-corrected chi connectivity index (χ2v) is 12.0. The number of benzene rings is 2. The first-order valence-electron chi connectivity index (χ1n) is 11.5. The van der Waals surface area contributed by atoms with Crippen molar-refractivity contribution in [2.24, 2.45) is 0 Å². The summed E-state index contributed by atoms with van der Waals surface area (Å²) in [6.07, 6.45) is 4.15. The molecule has 2 saturated heterocycles. The number of rotatable bonds is 4. The van der Waals surface area contributed by atoms with Crippen LogP contribution in [0.25, 0.3) is 21.8 Å². The van der Waals surface area contributed by atoms with Crippen molar-refractivity contribution < 1.29 is 17.7 Å². The summed E-state index contributed by atoms with van der Waals surface area (Å²) >= 11 is -1.49. The zero-order valence-corrected chi connectivity index (χ0v) is 20.5. The molecule has 10 heteroatoms. The normalized spacial score (nSPS) is 20.0. The minimum Gasteiger partial charge on any atom is -0.593 e. The first-order valence-corrected chi connectivity index (χ1v) is 14.1. The van der Waals surface area contributed by atoms with Gasteiger partial charge in [-0.3, -0.25) is 9.97 Å². The number of para-hydroxylation sites is 2. The van der Waals surface area contributed by atoms with E-state index in [4.69, 9.17) is 4.74 Å². The van der Waals surface area contributed by atoms with Crippen LogP contribution in [0.4, 0.5) is 0 Å². The highest BCUT2D eigenvalue weighted by molar-refractivity contribution is 7.89. The summed E-state index contributed by atoms with van der Waals surface area (Å²) in [4.78, 5) is 9.63. The fraction of sp³-hybridized carbons (Fsp3) is 0.280. The van der Waals surface area contributed by atoms with Crippen molar-refractivity contribution in [3.63, 3.8) is 0 Å². The minimum absolute atomic E-state index is 0.209. The van der Waals surface area contributed by atoms with E-state index < -0.39 is 27.1 Å². The Morgan fingerprint density at radius 2 is 1.49 bits per heavy atom. The van der Waals surface area contributed by atoms with Crippen molar-refractivity contribution in [2.75, 3.05) is 26.2 Å². The molecule has 2 aliphatic rings. The van der Waals surface area contributed by atoms with Gasteiger partial charge < -0.3 is 9.29 Å². The Labute approximate surface area is 206 Å². The van der Waals surface area contributed by atoms with Crippen molar-refractivity contribution in [2.45, 2.75) is 28.4 Å². The van der Waals surface area contributed by atoms with E-state index in [0.29, 0.717) is 41.9 Å². The van der Waals surface area contributed by atoms with Crippen LogP contribution in [0.2, 0.25) is 0 Å². The second-order valence-electron chi connectivity index (χ2n) is 8.71. The first-order chi connectivity index (χ1) is 17.0. The topological polar surface area (TPSA) is 98.7 Å². The molecule has 1 spiro atoms. The molecule has 2 aromatic heterocycles. The lowest BCUT2D eigenvalue weighted by atomic mass is 10.0. The predicted molar refractivity (Wildman–Crippen MR) is 133 cm³/mol. The summed E-state index contributed by atoms with van der Waals surface area (Å²) in [5.74, 6) is 0. The molecule has 2 aromatic carbocycles. The highest BCUT2D eigenvalue weighted by Gasteiger charge is 2.53. The first kappa shape index (κ1) is 22.8. The fourth-order valence-electron chi connectivity index (χ4n) is 5.06. The zero-order valence-electron chi connectivity index (χ0n) is 18.9. The van der Waals surface area contributed by atoms with E-state index in [2.05, 4.69) is 9.97 Å². The quantitative estimate of drug-likeness (QED) is 0.390. The molecule has 0 amide bonds. The molecule has 0 N–H and O–H groups in total. The number of sulfonamides is 1. The number of aromatic nitrogens is 2. The summed E-state index contributed by atoms with van der Waals surface area (Å²) in [6, 6.07) is 18.3. The van der Waals surface area contributed by atoms with Gasteiger partial charge in [0.2, 0.25) is 10.0 Å². The lowest BCUT2D eigenvalue weighted by molar-refractivity contribution is -0.0806. The van der Waals surface area contributed by atoms with Crippen LogP contribution in [0.3, 0.4) is 0 Å². The average Bonchev–Trinajstić information content (AvgIpc) is 3.30. The van der Waals surface area contributed by atoms with Gasteiger partial charge in [-0.1, -0.05) is 40.7 Å². The number of pyridine rings is 2. The summed E-state index contributed by atoms with van der Waals surface area (Å²) in [5, 5.41) is 1.71. The maximum absolute atomic E-state index is 13.8. The van der Waals surface area contributed by atoms with Crippen LogP contribution in [-0.4, -0.2) is 63.5 Å². The SMILES string of the molecule is O=S(=O)(c1cccc2cccnc12)N1CCC2(CC1)OCCN2[S+]([O-])c1cccc2cccnc12. The van der Waals surface area contributed by atoms with Crippen LogP contribution < -0.4 is 0 Å². The van der Waals surface area contributed by atoms with Gasteiger partial charge in [0.15, 0.2) is 10.6 Å². The molecule has 0 saturated carbocycles. The largest absolute Gasteiger partial charge is 0.593 e. The molecule has 1 atom stereocenters. The van der Waals surface area contributed by atoms with Crippen LogP contribution in [0, 0.1) is 0 Å². The molecule has 0 radical (unpaired) electrons. The Morgan fingerprint density at radius 1 is 0.857 bits per heavy atom. The third-order valence-corrected chi connectivity index (χ3v) is 10.4. The van der Waals surface area contributed by atoms with Crippen molar-refractivity contribution in [3.05, 3.63) is 73.1 Å². The lowest BCUT2D eigenvalue weighted by Crippen LogP contribution is -2.55. The molecule has 35 heavy (non-hydrogen) atoms. The number of fused-ring (bicyclic) bond motifs is 2. The Morgan fingerprint density at radius 3 is 2.23 bits per heavy atom. The van der Waals surface area contributed by atoms with E-state index in [1.54, 1.807) is 30.6 Å². The van der Waals surface area contributed by atoms with Crippen molar-refractivity contribution in [1.29, 1.82) is 0 Å². The van der Waals surface area contributed by atoms with E-state index in [-0.39, 0.29) is 18.0 Å². The van der Waals surface area contributed by atoms with Gasteiger partial charge >= 0.3 is 0 Å². The van der Waals surface area contributed by atoms with E-state index >= 15 is 0 Å². The third kappa shape index (κ3) is 3.81. The number of hydrogen-bond donors (Lipinski definition) is 0. The smallest absolute Gasteiger partial charge is 0.245 e. The van der Waals surface area contributed by atoms with Crippen LogP contribution >= 0.6 is 0 Å². The third-order valence-electron chi connectivity index (χ3n) is 6.82. The van der Waals surface area contributed by atoms with Gasteiger partial charge in [-0.15, -0.1) is 0 Å². The van der Waals surface area contributed by atoms with Crippen molar-refractivity contribution >= 4 is 43.2 Å². The summed E-state index contributed by atoms with van der Waals surface area (Å²) in [5.41, 5.74) is 0.405. The van der Waals surface area contributed by atoms with Gasteiger partial charge in [0.1, 0.15) is 10.4 Å². The molecule has 180 valence electrons. The molecule has 1 unspecified atom stereocenters. The molecule has 0 aliphatic carbocycles. The number of nitrogens with zero attached hydrogens (tertiary/aromatic N) is 4. The maximum atomic E-state index is 13.8. The van der Waals surface area contributed by atoms with Gasteiger partial charge in [0.25, 0.3) is 0 Å². The van der Waals surface area contributed by atoms with Crippen LogP contribution in [0.1, 0.15) is 12.8 Å². The molecule has 6 rings (SSSR count). The van der Waals surface area contributed by atoms with Crippen LogP contribution in [0.15, 0.2) is 82.8 Å². The summed E-state index contributed by atoms with van der Waals surface area (Å²) in [6.45, 7) is 1.50.